The lowest BCUT2D eigenvalue weighted by Crippen LogP contribution is -2.49. The summed E-state index contributed by atoms with van der Waals surface area (Å²) < 4.78 is 27.3. The molecule has 0 bridgehead atoms. The van der Waals surface area contributed by atoms with E-state index in [1.54, 1.807) is 4.31 Å². The molecule has 0 N–H and O–H groups in total. The van der Waals surface area contributed by atoms with E-state index >= 15 is 0 Å². The van der Waals surface area contributed by atoms with Crippen LogP contribution in [0.1, 0.15) is 38.5 Å². The van der Waals surface area contributed by atoms with E-state index in [1.165, 1.54) is 18.6 Å². The number of hydrogen-bond acceptors (Lipinski definition) is 5. The van der Waals surface area contributed by atoms with Crippen LogP contribution in [-0.2, 0) is 10.0 Å². The highest BCUT2D eigenvalue weighted by Gasteiger charge is 2.40. The molecule has 2 aliphatic rings. The van der Waals surface area contributed by atoms with Crippen LogP contribution in [-0.4, -0.2) is 30.2 Å². The number of nitrogens with zero attached hydrogens (tertiary/aromatic N) is 2. The first-order valence-electron chi connectivity index (χ1n) is 7.26. The van der Waals surface area contributed by atoms with Crippen LogP contribution in [0.15, 0.2) is 16.3 Å². The van der Waals surface area contributed by atoms with Crippen molar-refractivity contribution in [3.63, 3.8) is 0 Å². The molecule has 6 nitrogen and oxygen atoms in total. The van der Waals surface area contributed by atoms with Crippen LogP contribution in [0.3, 0.4) is 0 Å². The maximum Gasteiger partial charge on any atom is 0.325 e. The summed E-state index contributed by atoms with van der Waals surface area (Å²) in [6.07, 6.45) is 6.24. The third kappa shape index (κ3) is 2.72. The maximum atomic E-state index is 12.8. The van der Waals surface area contributed by atoms with Crippen LogP contribution in [0, 0.1) is 16.0 Å². The Bertz CT molecular complexity index is 638. The normalized spacial score (nSPS) is 27.2. The van der Waals surface area contributed by atoms with Crippen molar-refractivity contribution in [3.8, 4) is 0 Å². The Labute approximate surface area is 128 Å². The van der Waals surface area contributed by atoms with Gasteiger partial charge in [-0.1, -0.05) is 12.8 Å². The topological polar surface area (TPSA) is 80.5 Å². The summed E-state index contributed by atoms with van der Waals surface area (Å²) in [4.78, 5) is 10.2. The summed E-state index contributed by atoms with van der Waals surface area (Å²) in [6, 6.07) is 2.73. The number of fused-ring (bicyclic) bond motifs is 1. The van der Waals surface area contributed by atoms with E-state index in [0.717, 1.165) is 43.4 Å². The molecule has 21 heavy (non-hydrogen) atoms. The largest absolute Gasteiger partial charge is 0.325 e. The Morgan fingerprint density at radius 3 is 2.62 bits per heavy atom. The van der Waals surface area contributed by atoms with Gasteiger partial charge in [-0.25, -0.2) is 8.42 Å². The first kappa shape index (κ1) is 14.9. The molecule has 1 aliphatic heterocycles. The smallest absolute Gasteiger partial charge is 0.258 e. The quantitative estimate of drug-likeness (QED) is 0.630. The minimum absolute atomic E-state index is 0.0821. The standard InChI is InChI=1S/C13H18N2O4S2/c16-15(17)12-7-8-13(20-12)21(18,19)14-9-3-5-10-4-1-2-6-11(10)14/h7-8,10-11H,1-6,9H2/t10-,11+/m1/s1. The van der Waals surface area contributed by atoms with Crippen molar-refractivity contribution in [2.75, 3.05) is 6.54 Å². The minimum atomic E-state index is -3.60. The van der Waals surface area contributed by atoms with Crippen molar-refractivity contribution in [2.45, 2.75) is 48.8 Å². The van der Waals surface area contributed by atoms with Crippen molar-refractivity contribution in [1.29, 1.82) is 0 Å². The highest BCUT2D eigenvalue weighted by atomic mass is 32.2. The fourth-order valence-corrected chi connectivity index (χ4v) is 6.53. The summed E-state index contributed by atoms with van der Waals surface area (Å²) in [7, 11) is -3.60. The average Bonchev–Trinajstić information content (AvgIpc) is 2.97. The molecule has 8 heteroatoms. The number of sulfonamides is 1. The highest BCUT2D eigenvalue weighted by Crippen LogP contribution is 2.39. The first-order valence-corrected chi connectivity index (χ1v) is 9.52. The number of piperidine rings is 1. The molecule has 1 saturated carbocycles. The predicted molar refractivity (Wildman–Crippen MR) is 79.8 cm³/mol. The van der Waals surface area contributed by atoms with E-state index in [9.17, 15) is 18.5 Å². The predicted octanol–water partition coefficient (Wildman–Crippen LogP) is 3.00. The Hall–Kier alpha value is -0.990. The minimum Gasteiger partial charge on any atom is -0.258 e. The van der Waals surface area contributed by atoms with Gasteiger partial charge in [-0.05, 0) is 49.0 Å². The molecule has 0 spiro atoms. The van der Waals surface area contributed by atoms with Gasteiger partial charge in [0.05, 0.1) is 4.92 Å². The van der Waals surface area contributed by atoms with Crippen LogP contribution in [0.25, 0.3) is 0 Å². The molecule has 0 amide bonds. The summed E-state index contributed by atoms with van der Waals surface area (Å²) in [6.45, 7) is 0.537. The van der Waals surface area contributed by atoms with E-state index in [4.69, 9.17) is 0 Å². The second-order valence-electron chi connectivity index (χ2n) is 5.72. The molecule has 0 aromatic carbocycles. The van der Waals surface area contributed by atoms with Crippen LogP contribution in [0.2, 0.25) is 0 Å². The third-order valence-corrected chi connectivity index (χ3v) is 7.93. The molecule has 116 valence electrons. The van der Waals surface area contributed by atoms with Crippen LogP contribution >= 0.6 is 11.3 Å². The zero-order valence-corrected chi connectivity index (χ0v) is 13.2. The number of hydrogen-bond donors (Lipinski definition) is 0. The third-order valence-electron chi connectivity index (χ3n) is 4.50. The second kappa shape index (κ2) is 5.66. The zero-order chi connectivity index (χ0) is 15.0. The molecule has 2 atom stereocenters. The molecular formula is C13H18N2O4S2. The summed E-state index contributed by atoms with van der Waals surface area (Å²) in [5, 5.41) is 10.6. The van der Waals surface area contributed by atoms with Gasteiger partial charge < -0.3 is 0 Å². The fourth-order valence-electron chi connectivity index (χ4n) is 3.54. The van der Waals surface area contributed by atoms with Gasteiger partial charge in [0.1, 0.15) is 4.21 Å². The van der Waals surface area contributed by atoms with Gasteiger partial charge >= 0.3 is 5.00 Å². The molecule has 0 radical (unpaired) electrons. The monoisotopic (exact) mass is 330 g/mol. The lowest BCUT2D eigenvalue weighted by Gasteiger charge is -2.42. The summed E-state index contributed by atoms with van der Waals surface area (Å²) >= 11 is 0.752. The summed E-state index contributed by atoms with van der Waals surface area (Å²) in [5.74, 6) is 0.456. The SMILES string of the molecule is O=[N+]([O-])c1ccc(S(=O)(=O)N2CCC[C@H]3CCCC[C@@H]32)s1. The van der Waals surface area contributed by atoms with Crippen LogP contribution < -0.4 is 0 Å². The molecular weight excluding hydrogens is 312 g/mol. The Morgan fingerprint density at radius 1 is 1.19 bits per heavy atom. The lowest BCUT2D eigenvalue weighted by molar-refractivity contribution is -0.380. The zero-order valence-electron chi connectivity index (χ0n) is 11.6. The number of nitro groups is 1. The van der Waals surface area contributed by atoms with Crippen molar-refractivity contribution in [3.05, 3.63) is 22.2 Å². The Morgan fingerprint density at radius 2 is 1.90 bits per heavy atom. The van der Waals surface area contributed by atoms with Crippen molar-refractivity contribution in [1.82, 2.24) is 4.31 Å². The molecule has 1 aliphatic carbocycles. The number of thiophene rings is 1. The van der Waals surface area contributed by atoms with E-state index < -0.39 is 14.9 Å². The Balaban J connectivity index is 1.90. The molecule has 0 unspecified atom stereocenters. The van der Waals surface area contributed by atoms with E-state index in [0.29, 0.717) is 12.5 Å². The first-order chi connectivity index (χ1) is 10.00. The second-order valence-corrected chi connectivity index (χ2v) is 8.90. The molecule has 1 saturated heterocycles. The number of rotatable bonds is 3. The molecule has 1 aromatic heterocycles. The fraction of sp³-hybridized carbons (Fsp3) is 0.692. The molecule has 1 aromatic rings. The van der Waals surface area contributed by atoms with Gasteiger partial charge in [-0.3, -0.25) is 10.1 Å². The van der Waals surface area contributed by atoms with Crippen LogP contribution in [0.5, 0.6) is 0 Å². The molecule has 2 fully saturated rings. The highest BCUT2D eigenvalue weighted by molar-refractivity contribution is 7.91. The van der Waals surface area contributed by atoms with Crippen molar-refractivity contribution >= 4 is 26.4 Å². The van der Waals surface area contributed by atoms with E-state index in [2.05, 4.69) is 0 Å². The van der Waals surface area contributed by atoms with Crippen molar-refractivity contribution in [2.24, 2.45) is 5.92 Å². The maximum absolute atomic E-state index is 12.8. The van der Waals surface area contributed by atoms with Gasteiger partial charge in [-0.2, -0.15) is 4.31 Å². The van der Waals surface area contributed by atoms with Gasteiger partial charge in [-0.15, -0.1) is 0 Å². The average molecular weight is 330 g/mol. The van der Waals surface area contributed by atoms with Crippen LogP contribution in [0.4, 0.5) is 5.00 Å². The Kier molecular flexibility index (Phi) is 4.02. The lowest BCUT2D eigenvalue weighted by atomic mass is 9.79. The molecule has 3 rings (SSSR count). The van der Waals surface area contributed by atoms with E-state index in [-0.39, 0.29) is 15.3 Å². The molecule has 2 heterocycles. The van der Waals surface area contributed by atoms with Gasteiger partial charge in [0.15, 0.2) is 0 Å². The summed E-state index contributed by atoms with van der Waals surface area (Å²) in [5.41, 5.74) is 0. The van der Waals surface area contributed by atoms with Crippen molar-refractivity contribution < 1.29 is 13.3 Å². The van der Waals surface area contributed by atoms with E-state index in [1.807, 2.05) is 0 Å². The van der Waals surface area contributed by atoms with Gasteiger partial charge in [0, 0.05) is 18.7 Å². The van der Waals surface area contributed by atoms with Gasteiger partial charge in [0.25, 0.3) is 10.0 Å². The van der Waals surface area contributed by atoms with Gasteiger partial charge in [0.2, 0.25) is 0 Å².